The number of ketones is 1. The number of hydrogen-bond acceptors (Lipinski definition) is 7. The van der Waals surface area contributed by atoms with Gasteiger partial charge in [0.1, 0.15) is 18.5 Å². The average Bonchev–Trinajstić information content (AvgIpc) is 3.36. The molecule has 0 radical (unpaired) electrons. The first-order valence-electron chi connectivity index (χ1n) is 10.5. The topological polar surface area (TPSA) is 134 Å². The van der Waals surface area contributed by atoms with Crippen molar-refractivity contribution < 1.29 is 28.4 Å². The molecule has 0 aliphatic heterocycles. The molecule has 30 heavy (non-hydrogen) atoms. The number of nitrogens with one attached hydrogen (secondary N) is 1. The molecule has 1 saturated carbocycles. The van der Waals surface area contributed by atoms with Gasteiger partial charge in [0.25, 0.3) is 5.88 Å². The van der Waals surface area contributed by atoms with Gasteiger partial charge in [-0.3, -0.25) is 9.59 Å². The lowest BCUT2D eigenvalue weighted by molar-refractivity contribution is -0.122. The van der Waals surface area contributed by atoms with Crippen molar-refractivity contribution in [1.29, 1.82) is 0 Å². The van der Waals surface area contributed by atoms with Crippen LogP contribution in [0.5, 0.6) is 5.88 Å². The number of primary amides is 1. The lowest BCUT2D eigenvalue weighted by Crippen LogP contribution is -2.33. The maximum Gasteiger partial charge on any atom is 0.407 e. The van der Waals surface area contributed by atoms with Crippen LogP contribution in [0, 0.1) is 5.92 Å². The van der Waals surface area contributed by atoms with Crippen LogP contribution in [0.25, 0.3) is 0 Å². The Morgan fingerprint density at radius 3 is 2.43 bits per heavy atom. The lowest BCUT2D eigenvalue weighted by atomic mass is 10.1. The van der Waals surface area contributed by atoms with Gasteiger partial charge in [-0.1, -0.05) is 19.3 Å². The zero-order chi connectivity index (χ0) is 22.4. The van der Waals surface area contributed by atoms with E-state index in [4.69, 9.17) is 15.2 Å². The molecule has 0 aromatic carbocycles. The summed E-state index contributed by atoms with van der Waals surface area (Å²) in [5.41, 5.74) is 4.57. The number of unbranched alkanes of at least 4 members (excludes halogenated alkanes) is 2. The van der Waals surface area contributed by atoms with Gasteiger partial charge >= 0.3 is 6.09 Å². The second-order valence-electron chi connectivity index (χ2n) is 8.29. The van der Waals surface area contributed by atoms with E-state index < -0.39 is 11.7 Å². The minimum absolute atomic E-state index is 0.00267. The number of nitrogens with two attached hydrogens (primary N) is 1. The van der Waals surface area contributed by atoms with Crippen molar-refractivity contribution in [2.45, 2.75) is 77.7 Å². The summed E-state index contributed by atoms with van der Waals surface area (Å²) in [6, 6.07) is 1.55. The second kappa shape index (κ2) is 13.6. The Hall–Kier alpha value is -2.58. The number of carbonyl (C=O) groups is 3. The predicted octanol–water partition coefficient (Wildman–Crippen LogP) is 3.37. The molecule has 0 bridgehead atoms. The molecule has 0 unspecified atom stereocenters. The van der Waals surface area contributed by atoms with E-state index in [1.54, 1.807) is 6.07 Å². The molecule has 9 nitrogen and oxygen atoms in total. The van der Waals surface area contributed by atoms with E-state index in [1.807, 2.05) is 20.8 Å². The molecule has 1 heterocycles. The third-order valence-corrected chi connectivity index (χ3v) is 4.35. The molecule has 1 aromatic rings. The summed E-state index contributed by atoms with van der Waals surface area (Å²) in [7, 11) is 0. The Kier molecular flexibility index (Phi) is 11.5. The van der Waals surface area contributed by atoms with E-state index in [0.717, 1.165) is 32.1 Å². The van der Waals surface area contributed by atoms with Crippen LogP contribution in [0.1, 0.15) is 72.1 Å². The average molecular weight is 426 g/mol. The third-order valence-electron chi connectivity index (χ3n) is 4.35. The highest BCUT2D eigenvalue weighted by molar-refractivity contribution is 5.79. The number of ether oxygens (including phenoxy) is 2. The summed E-state index contributed by atoms with van der Waals surface area (Å²) in [6.45, 7) is 6.00. The first kappa shape index (κ1) is 25.5. The van der Waals surface area contributed by atoms with Crippen LogP contribution in [-0.4, -0.2) is 41.7 Å². The van der Waals surface area contributed by atoms with Crippen molar-refractivity contribution in [3.05, 3.63) is 12.3 Å². The van der Waals surface area contributed by atoms with Gasteiger partial charge in [-0.2, -0.15) is 0 Å². The third kappa shape index (κ3) is 12.8. The normalized spacial score (nSPS) is 13.8. The molecule has 0 atom stereocenters. The van der Waals surface area contributed by atoms with Crippen molar-refractivity contribution in [2.75, 3.05) is 13.2 Å². The van der Waals surface area contributed by atoms with Gasteiger partial charge in [-0.15, -0.1) is 0 Å². The quantitative estimate of drug-likeness (QED) is 0.549. The Morgan fingerprint density at radius 2 is 1.90 bits per heavy atom. The molecule has 2 amide bonds. The number of amides is 2. The smallest absolute Gasteiger partial charge is 0.407 e. The van der Waals surface area contributed by atoms with Gasteiger partial charge in [0.15, 0.2) is 5.78 Å². The first-order chi connectivity index (χ1) is 14.2. The second-order valence-corrected chi connectivity index (χ2v) is 8.29. The number of aromatic nitrogens is 1. The fourth-order valence-electron chi connectivity index (χ4n) is 2.84. The molecule has 2 rings (SSSR count). The van der Waals surface area contributed by atoms with Crippen LogP contribution in [0.15, 0.2) is 16.9 Å². The van der Waals surface area contributed by atoms with Crippen LogP contribution in [-0.2, 0) is 14.3 Å². The van der Waals surface area contributed by atoms with Crippen molar-refractivity contribution >= 4 is 17.8 Å². The first-order valence-corrected chi connectivity index (χ1v) is 10.5. The molecule has 1 aliphatic carbocycles. The van der Waals surface area contributed by atoms with Gasteiger partial charge in [0, 0.05) is 24.9 Å². The largest absolute Gasteiger partial charge is 0.468 e. The van der Waals surface area contributed by atoms with Gasteiger partial charge in [0.2, 0.25) is 5.91 Å². The summed E-state index contributed by atoms with van der Waals surface area (Å²) in [5, 5.41) is 6.23. The van der Waals surface area contributed by atoms with E-state index in [9.17, 15) is 14.4 Å². The van der Waals surface area contributed by atoms with E-state index in [2.05, 4.69) is 15.0 Å². The zero-order valence-electron chi connectivity index (χ0n) is 18.3. The van der Waals surface area contributed by atoms with Crippen LogP contribution in [0.4, 0.5) is 4.79 Å². The molecule has 170 valence electrons. The van der Waals surface area contributed by atoms with Crippen LogP contribution in [0.2, 0.25) is 0 Å². The van der Waals surface area contributed by atoms with Gasteiger partial charge in [-0.05, 0) is 51.6 Å². The fraction of sp³-hybridized carbons (Fsp3) is 0.714. The van der Waals surface area contributed by atoms with Gasteiger partial charge < -0.3 is 25.0 Å². The molecule has 1 aromatic heterocycles. The number of rotatable bonds is 10. The number of Topliss-reactive ketones (excluding diaryl/α,β-unsaturated/α-hetero) is 1. The molecule has 1 fully saturated rings. The Morgan fingerprint density at radius 1 is 1.20 bits per heavy atom. The summed E-state index contributed by atoms with van der Waals surface area (Å²) < 4.78 is 14.8. The predicted molar refractivity (Wildman–Crippen MR) is 111 cm³/mol. The van der Waals surface area contributed by atoms with Crippen molar-refractivity contribution in [1.82, 2.24) is 10.5 Å². The van der Waals surface area contributed by atoms with Crippen molar-refractivity contribution in [3.8, 4) is 5.88 Å². The fourth-order valence-corrected chi connectivity index (χ4v) is 2.84. The number of nitrogens with zero attached hydrogens (tertiary/aromatic N) is 1. The van der Waals surface area contributed by atoms with E-state index in [0.29, 0.717) is 18.8 Å². The maximum atomic E-state index is 11.6. The van der Waals surface area contributed by atoms with Gasteiger partial charge in [0.05, 0.1) is 0 Å². The standard InChI is InChI=1S/C15H24N2O5.C6H11NO/c1-15(2,3)22-14(19)16-9-6-4-5-7-12(18)11-20-13-8-10-21-17-13;7-6(8)5-3-1-2-4-5/h8,10H,4-7,9,11H2,1-3H3,(H,16,19);5H,1-4H2,(H2,7,8). The van der Waals surface area contributed by atoms with E-state index in [-0.39, 0.29) is 24.2 Å². The van der Waals surface area contributed by atoms with Crippen LogP contribution in [0.3, 0.4) is 0 Å². The van der Waals surface area contributed by atoms with E-state index >= 15 is 0 Å². The molecule has 1 aliphatic rings. The lowest BCUT2D eigenvalue weighted by Gasteiger charge is -2.19. The number of carbonyl (C=O) groups excluding carboxylic acids is 3. The van der Waals surface area contributed by atoms with E-state index in [1.165, 1.54) is 19.1 Å². The molecule has 9 heteroatoms. The highest BCUT2D eigenvalue weighted by atomic mass is 16.6. The monoisotopic (exact) mass is 425 g/mol. The molecule has 3 N–H and O–H groups in total. The highest BCUT2D eigenvalue weighted by Crippen LogP contribution is 2.23. The summed E-state index contributed by atoms with van der Waals surface area (Å²) in [5.74, 6) is 0.426. The number of alkyl carbamates (subject to hydrolysis) is 1. The SMILES string of the molecule is CC(C)(C)OC(=O)NCCCCCC(=O)COc1ccon1.NC(=O)C1CCCC1. The Bertz CT molecular complexity index is 634. The molecule has 0 spiro atoms. The maximum absolute atomic E-state index is 11.6. The summed E-state index contributed by atoms with van der Waals surface area (Å²) in [4.78, 5) is 33.4. The minimum atomic E-state index is -0.486. The molecule has 0 saturated heterocycles. The highest BCUT2D eigenvalue weighted by Gasteiger charge is 2.19. The van der Waals surface area contributed by atoms with Gasteiger partial charge in [-0.25, -0.2) is 4.79 Å². The minimum Gasteiger partial charge on any atom is -0.468 e. The number of hydrogen-bond donors (Lipinski definition) is 2. The van der Waals surface area contributed by atoms with Crippen molar-refractivity contribution in [2.24, 2.45) is 11.7 Å². The molecular formula is C21H35N3O6. The van der Waals surface area contributed by atoms with Crippen LogP contribution < -0.4 is 15.8 Å². The Balaban J connectivity index is 0.000000467. The van der Waals surface area contributed by atoms with Crippen LogP contribution >= 0.6 is 0 Å². The molecular weight excluding hydrogens is 390 g/mol. The summed E-state index contributed by atoms with van der Waals surface area (Å²) >= 11 is 0. The van der Waals surface area contributed by atoms with Crippen molar-refractivity contribution in [3.63, 3.8) is 0 Å². The zero-order valence-corrected chi connectivity index (χ0v) is 18.3. The Labute approximate surface area is 178 Å². The summed E-state index contributed by atoms with van der Waals surface area (Å²) in [6.07, 6.45) is 8.26.